The SMILES string of the molecule is CC(C)[C@@H](NC(=O)[C@H](Cc1ccccc1)NC(=O)OCc1ccccc1)C(=O)[O-]. The highest BCUT2D eigenvalue weighted by Crippen LogP contribution is 2.07. The van der Waals surface area contributed by atoms with E-state index < -0.39 is 30.1 Å². The number of hydrogen-bond donors (Lipinski definition) is 2. The van der Waals surface area contributed by atoms with Crippen LogP contribution < -0.4 is 15.7 Å². The number of hydrogen-bond acceptors (Lipinski definition) is 5. The average molecular weight is 397 g/mol. The minimum atomic E-state index is -1.38. The number of amides is 2. The zero-order chi connectivity index (χ0) is 21.2. The standard InChI is InChI=1S/C22H26N2O5/c1-15(2)19(21(26)27)24-20(25)18(13-16-9-5-3-6-10-16)23-22(28)29-14-17-11-7-4-8-12-17/h3-12,15,18-19H,13-14H2,1-2H3,(H,23,28)(H,24,25)(H,26,27)/p-1/t18-,19+/m0/s1. The van der Waals surface area contributed by atoms with Crippen LogP contribution in [0.25, 0.3) is 0 Å². The number of nitrogens with one attached hydrogen (secondary N) is 2. The smallest absolute Gasteiger partial charge is 0.408 e. The Morgan fingerprint density at radius 2 is 1.45 bits per heavy atom. The molecule has 0 fully saturated rings. The van der Waals surface area contributed by atoms with Crippen LogP contribution in [0.4, 0.5) is 4.79 Å². The van der Waals surface area contributed by atoms with Gasteiger partial charge in [-0.05, 0) is 17.0 Å². The summed E-state index contributed by atoms with van der Waals surface area (Å²) in [6.45, 7) is 3.38. The lowest BCUT2D eigenvalue weighted by molar-refractivity contribution is -0.309. The lowest BCUT2D eigenvalue weighted by atomic mass is 10.0. The van der Waals surface area contributed by atoms with Gasteiger partial charge in [0, 0.05) is 6.42 Å². The van der Waals surface area contributed by atoms with Gasteiger partial charge >= 0.3 is 6.09 Å². The first kappa shape index (κ1) is 21.9. The Bertz CT molecular complexity index is 808. The van der Waals surface area contributed by atoms with Crippen LogP contribution in [0.3, 0.4) is 0 Å². The van der Waals surface area contributed by atoms with Crippen molar-refractivity contribution in [2.45, 2.75) is 39.0 Å². The van der Waals surface area contributed by atoms with Crippen molar-refractivity contribution in [3.63, 3.8) is 0 Å². The van der Waals surface area contributed by atoms with E-state index in [-0.39, 0.29) is 18.9 Å². The molecule has 7 nitrogen and oxygen atoms in total. The molecule has 154 valence electrons. The van der Waals surface area contributed by atoms with Gasteiger partial charge < -0.3 is 25.3 Å². The monoisotopic (exact) mass is 397 g/mol. The Morgan fingerprint density at radius 3 is 1.97 bits per heavy atom. The molecule has 0 radical (unpaired) electrons. The first-order chi connectivity index (χ1) is 13.9. The van der Waals surface area contributed by atoms with Crippen LogP contribution in [0.2, 0.25) is 0 Å². The van der Waals surface area contributed by atoms with Gasteiger partial charge in [0.15, 0.2) is 0 Å². The molecular weight excluding hydrogens is 372 g/mol. The molecule has 0 heterocycles. The van der Waals surface area contributed by atoms with E-state index in [1.807, 2.05) is 60.7 Å². The summed E-state index contributed by atoms with van der Waals surface area (Å²) in [4.78, 5) is 36.2. The Kier molecular flexibility index (Phi) is 8.21. The third kappa shape index (κ3) is 7.29. The largest absolute Gasteiger partial charge is 0.548 e. The number of benzene rings is 2. The summed E-state index contributed by atoms with van der Waals surface area (Å²) in [6, 6.07) is 16.1. The second kappa shape index (κ2) is 10.8. The third-order valence-corrected chi connectivity index (χ3v) is 4.32. The predicted octanol–water partition coefficient (Wildman–Crippen LogP) is 1.41. The second-order valence-corrected chi connectivity index (χ2v) is 7.00. The van der Waals surface area contributed by atoms with Gasteiger partial charge in [-0.2, -0.15) is 0 Å². The van der Waals surface area contributed by atoms with E-state index in [0.717, 1.165) is 11.1 Å². The van der Waals surface area contributed by atoms with E-state index in [9.17, 15) is 19.5 Å². The maximum atomic E-state index is 12.7. The number of rotatable bonds is 9. The molecule has 0 unspecified atom stereocenters. The zero-order valence-electron chi connectivity index (χ0n) is 16.5. The molecule has 2 aromatic carbocycles. The maximum Gasteiger partial charge on any atom is 0.408 e. The quantitative estimate of drug-likeness (QED) is 0.665. The molecule has 0 spiro atoms. The highest BCUT2D eigenvalue weighted by atomic mass is 16.5. The number of carboxylic acid groups (broad SMARTS) is 1. The molecule has 2 rings (SSSR count). The summed E-state index contributed by atoms with van der Waals surface area (Å²) in [7, 11) is 0. The lowest BCUT2D eigenvalue weighted by Crippen LogP contribution is -2.56. The van der Waals surface area contributed by atoms with Crippen LogP contribution in [0.5, 0.6) is 0 Å². The molecule has 2 atom stereocenters. The fraction of sp³-hybridized carbons (Fsp3) is 0.318. The Morgan fingerprint density at radius 1 is 0.897 bits per heavy atom. The molecule has 0 aliphatic rings. The van der Waals surface area contributed by atoms with Gasteiger partial charge in [-0.1, -0.05) is 74.5 Å². The van der Waals surface area contributed by atoms with Crippen LogP contribution in [0, 0.1) is 5.92 Å². The van der Waals surface area contributed by atoms with Gasteiger partial charge in [0.25, 0.3) is 0 Å². The molecule has 2 N–H and O–H groups in total. The number of carboxylic acids is 1. The highest BCUT2D eigenvalue weighted by molar-refractivity contribution is 5.89. The van der Waals surface area contributed by atoms with Crippen molar-refractivity contribution in [2.75, 3.05) is 0 Å². The predicted molar refractivity (Wildman–Crippen MR) is 105 cm³/mol. The van der Waals surface area contributed by atoms with Crippen molar-refractivity contribution < 1.29 is 24.2 Å². The Hall–Kier alpha value is -3.35. The third-order valence-electron chi connectivity index (χ3n) is 4.32. The van der Waals surface area contributed by atoms with Gasteiger partial charge in [-0.3, -0.25) is 4.79 Å². The van der Waals surface area contributed by atoms with E-state index in [2.05, 4.69) is 10.6 Å². The number of ether oxygens (including phenoxy) is 1. The van der Waals surface area contributed by atoms with E-state index in [1.165, 1.54) is 0 Å². The molecule has 0 aliphatic heterocycles. The summed E-state index contributed by atoms with van der Waals surface area (Å²) >= 11 is 0. The van der Waals surface area contributed by atoms with Crippen LogP contribution in [-0.2, 0) is 27.4 Å². The second-order valence-electron chi connectivity index (χ2n) is 7.00. The fourth-order valence-corrected chi connectivity index (χ4v) is 2.72. The molecule has 2 amide bonds. The summed E-state index contributed by atoms with van der Waals surface area (Å²) in [5.74, 6) is -2.36. The molecule has 29 heavy (non-hydrogen) atoms. The van der Waals surface area contributed by atoms with E-state index >= 15 is 0 Å². The summed E-state index contributed by atoms with van der Waals surface area (Å²) in [6.07, 6.45) is -0.579. The van der Waals surface area contributed by atoms with E-state index in [1.54, 1.807) is 13.8 Å². The van der Waals surface area contributed by atoms with E-state index in [0.29, 0.717) is 0 Å². The molecule has 0 saturated carbocycles. The highest BCUT2D eigenvalue weighted by Gasteiger charge is 2.26. The molecular formula is C22H25N2O5-. The Balaban J connectivity index is 2.06. The molecule has 7 heteroatoms. The van der Waals surface area contributed by atoms with Gasteiger partial charge in [-0.15, -0.1) is 0 Å². The van der Waals surface area contributed by atoms with Crippen molar-refractivity contribution in [1.82, 2.24) is 10.6 Å². The van der Waals surface area contributed by atoms with Crippen molar-refractivity contribution in [2.24, 2.45) is 5.92 Å². The molecule has 0 aromatic heterocycles. The minimum absolute atomic E-state index is 0.0556. The van der Waals surface area contributed by atoms with Crippen molar-refractivity contribution in [1.29, 1.82) is 0 Å². The average Bonchev–Trinajstić information content (AvgIpc) is 2.71. The van der Waals surface area contributed by atoms with Gasteiger partial charge in [0.1, 0.15) is 12.6 Å². The molecule has 0 bridgehead atoms. The molecule has 0 saturated heterocycles. The summed E-state index contributed by atoms with van der Waals surface area (Å²) in [5.41, 5.74) is 1.62. The fourth-order valence-electron chi connectivity index (χ4n) is 2.72. The number of carbonyl (C=O) groups excluding carboxylic acids is 3. The van der Waals surface area contributed by atoms with Crippen LogP contribution in [-0.4, -0.2) is 30.1 Å². The maximum absolute atomic E-state index is 12.7. The first-order valence-corrected chi connectivity index (χ1v) is 9.39. The number of aliphatic carboxylic acids is 1. The van der Waals surface area contributed by atoms with E-state index in [4.69, 9.17) is 4.74 Å². The number of alkyl carbamates (subject to hydrolysis) is 1. The zero-order valence-corrected chi connectivity index (χ0v) is 16.5. The first-order valence-electron chi connectivity index (χ1n) is 9.39. The van der Waals surface area contributed by atoms with Crippen molar-refractivity contribution >= 4 is 18.0 Å². The summed E-state index contributed by atoms with van der Waals surface area (Å²) < 4.78 is 5.19. The van der Waals surface area contributed by atoms with Crippen molar-refractivity contribution in [3.8, 4) is 0 Å². The molecule has 2 aromatic rings. The normalized spacial score (nSPS) is 12.7. The topological polar surface area (TPSA) is 108 Å². The van der Waals surface area contributed by atoms with Gasteiger partial charge in [0.05, 0.1) is 12.0 Å². The van der Waals surface area contributed by atoms with Gasteiger partial charge in [-0.25, -0.2) is 4.79 Å². The molecule has 0 aliphatic carbocycles. The number of carbonyl (C=O) groups is 3. The minimum Gasteiger partial charge on any atom is -0.548 e. The lowest BCUT2D eigenvalue weighted by Gasteiger charge is -2.26. The van der Waals surface area contributed by atoms with Crippen LogP contribution >= 0.6 is 0 Å². The van der Waals surface area contributed by atoms with Crippen LogP contribution in [0.15, 0.2) is 60.7 Å². The van der Waals surface area contributed by atoms with Crippen LogP contribution in [0.1, 0.15) is 25.0 Å². The Labute approximate surface area is 170 Å². The van der Waals surface area contributed by atoms with Gasteiger partial charge in [0.2, 0.25) is 5.91 Å². The van der Waals surface area contributed by atoms with Crippen molar-refractivity contribution in [3.05, 3.63) is 71.8 Å². The summed E-state index contributed by atoms with van der Waals surface area (Å²) in [5, 5.41) is 16.3.